The lowest BCUT2D eigenvalue weighted by atomic mass is 10.1. The van der Waals surface area contributed by atoms with Crippen LogP contribution in [0.25, 0.3) is 0 Å². The molecule has 0 radical (unpaired) electrons. The highest BCUT2D eigenvalue weighted by atomic mass is 16.2. The Morgan fingerprint density at radius 2 is 1.44 bits per heavy atom. The Hall–Kier alpha value is -3.19. The van der Waals surface area contributed by atoms with Gasteiger partial charge in [-0.15, -0.1) is 0 Å². The van der Waals surface area contributed by atoms with E-state index in [-0.39, 0.29) is 24.3 Å². The molecule has 2 rings (SSSR count). The van der Waals surface area contributed by atoms with Crippen LogP contribution in [0, 0.1) is 0 Å². The van der Waals surface area contributed by atoms with Crippen LogP contribution >= 0.6 is 0 Å². The molecule has 0 saturated heterocycles. The lowest BCUT2D eigenvalue weighted by Crippen LogP contribution is -2.29. The normalized spacial score (nSPS) is 10.4. The third-order valence-corrected chi connectivity index (χ3v) is 3.80. The lowest BCUT2D eigenvalue weighted by molar-refractivity contribution is -0.117. The second-order valence-electron chi connectivity index (χ2n) is 6.26. The van der Waals surface area contributed by atoms with E-state index in [2.05, 4.69) is 16.0 Å². The van der Waals surface area contributed by atoms with Gasteiger partial charge in [-0.3, -0.25) is 19.3 Å². The highest BCUT2D eigenvalue weighted by Gasteiger charge is 2.09. The number of hydrogen-bond donors (Lipinski definition) is 3. The van der Waals surface area contributed by atoms with Gasteiger partial charge in [0.2, 0.25) is 11.8 Å². The molecule has 27 heavy (non-hydrogen) atoms. The number of anilines is 2. The van der Waals surface area contributed by atoms with Crippen molar-refractivity contribution in [2.75, 3.05) is 31.3 Å². The van der Waals surface area contributed by atoms with E-state index in [1.807, 2.05) is 24.1 Å². The lowest BCUT2D eigenvalue weighted by Gasteiger charge is -2.16. The summed E-state index contributed by atoms with van der Waals surface area (Å²) in [7, 11) is 3.45. The average molecular weight is 368 g/mol. The maximum atomic E-state index is 12.2. The fourth-order valence-corrected chi connectivity index (χ4v) is 2.56. The number of benzene rings is 2. The van der Waals surface area contributed by atoms with Crippen LogP contribution in [0.5, 0.6) is 0 Å². The second kappa shape index (κ2) is 9.49. The Labute approximate surface area is 158 Å². The van der Waals surface area contributed by atoms with Crippen molar-refractivity contribution >= 4 is 29.1 Å². The molecule has 7 heteroatoms. The summed E-state index contributed by atoms with van der Waals surface area (Å²) < 4.78 is 0. The standard InChI is InChI=1S/C20H24N4O3/c1-14(25)22-17-8-10-18(11-9-17)23-19(26)13-24(3)12-15-4-6-16(7-5-15)20(27)21-2/h4-11H,12-13H2,1-3H3,(H,21,27)(H,22,25)(H,23,26). The van der Waals surface area contributed by atoms with Gasteiger partial charge in [0.05, 0.1) is 6.54 Å². The zero-order chi connectivity index (χ0) is 19.8. The molecule has 3 amide bonds. The molecule has 0 aliphatic carbocycles. The molecule has 3 N–H and O–H groups in total. The van der Waals surface area contributed by atoms with E-state index in [0.717, 1.165) is 5.56 Å². The Balaban J connectivity index is 1.84. The first-order valence-corrected chi connectivity index (χ1v) is 8.54. The number of carbonyl (C=O) groups is 3. The minimum atomic E-state index is -0.142. The van der Waals surface area contributed by atoms with E-state index in [9.17, 15) is 14.4 Å². The predicted molar refractivity (Wildman–Crippen MR) is 106 cm³/mol. The Bertz CT molecular complexity index is 801. The molecular formula is C20H24N4O3. The third kappa shape index (κ3) is 6.56. The molecule has 0 unspecified atom stereocenters. The molecule has 0 bridgehead atoms. The van der Waals surface area contributed by atoms with Crippen molar-refractivity contribution in [3.8, 4) is 0 Å². The molecule has 0 spiro atoms. The smallest absolute Gasteiger partial charge is 0.251 e. The quantitative estimate of drug-likeness (QED) is 0.698. The van der Waals surface area contributed by atoms with Crippen molar-refractivity contribution in [3.05, 3.63) is 59.7 Å². The molecule has 7 nitrogen and oxygen atoms in total. The molecular weight excluding hydrogens is 344 g/mol. The van der Waals surface area contributed by atoms with E-state index >= 15 is 0 Å². The number of nitrogens with zero attached hydrogens (tertiary/aromatic N) is 1. The van der Waals surface area contributed by atoms with Gasteiger partial charge in [0.15, 0.2) is 0 Å². The van der Waals surface area contributed by atoms with Crippen LogP contribution in [-0.2, 0) is 16.1 Å². The summed E-state index contributed by atoms with van der Waals surface area (Å²) in [4.78, 5) is 36.6. The van der Waals surface area contributed by atoms with Gasteiger partial charge in [-0.05, 0) is 49.0 Å². The number of nitrogens with one attached hydrogen (secondary N) is 3. The largest absolute Gasteiger partial charge is 0.355 e. The predicted octanol–water partition coefficient (Wildman–Crippen LogP) is 2.08. The zero-order valence-corrected chi connectivity index (χ0v) is 15.7. The van der Waals surface area contributed by atoms with Crippen molar-refractivity contribution in [2.45, 2.75) is 13.5 Å². The van der Waals surface area contributed by atoms with E-state index < -0.39 is 0 Å². The number of rotatable bonds is 7. The van der Waals surface area contributed by atoms with Gasteiger partial charge < -0.3 is 16.0 Å². The first kappa shape index (κ1) is 20.1. The fourth-order valence-electron chi connectivity index (χ4n) is 2.56. The highest BCUT2D eigenvalue weighted by molar-refractivity contribution is 5.94. The van der Waals surface area contributed by atoms with Gasteiger partial charge in [0.1, 0.15) is 0 Å². The molecule has 0 aromatic heterocycles. The molecule has 0 aliphatic heterocycles. The summed E-state index contributed by atoms with van der Waals surface area (Å²) in [5.41, 5.74) is 2.96. The van der Waals surface area contributed by atoms with Crippen LogP contribution in [0.15, 0.2) is 48.5 Å². The van der Waals surface area contributed by atoms with E-state index in [1.165, 1.54) is 6.92 Å². The first-order valence-electron chi connectivity index (χ1n) is 8.54. The summed E-state index contributed by atoms with van der Waals surface area (Å²) >= 11 is 0. The number of carbonyl (C=O) groups excluding carboxylic acids is 3. The molecule has 0 aliphatic rings. The summed E-state index contributed by atoms with van der Waals surface area (Å²) in [5, 5.41) is 8.08. The fraction of sp³-hybridized carbons (Fsp3) is 0.250. The van der Waals surface area contributed by atoms with E-state index in [1.54, 1.807) is 43.4 Å². The minimum absolute atomic E-state index is 0.126. The Morgan fingerprint density at radius 3 is 1.96 bits per heavy atom. The van der Waals surface area contributed by atoms with E-state index in [0.29, 0.717) is 23.5 Å². The van der Waals surface area contributed by atoms with Gasteiger partial charge in [-0.25, -0.2) is 0 Å². The maximum absolute atomic E-state index is 12.2. The van der Waals surface area contributed by atoms with Gasteiger partial charge >= 0.3 is 0 Å². The highest BCUT2D eigenvalue weighted by Crippen LogP contribution is 2.13. The summed E-state index contributed by atoms with van der Waals surface area (Å²) in [5.74, 6) is -0.401. The minimum Gasteiger partial charge on any atom is -0.355 e. The number of hydrogen-bond acceptors (Lipinski definition) is 4. The molecule has 2 aromatic rings. The Morgan fingerprint density at radius 1 is 0.889 bits per heavy atom. The van der Waals surface area contributed by atoms with Crippen molar-refractivity contribution < 1.29 is 14.4 Å². The van der Waals surface area contributed by atoms with Crippen molar-refractivity contribution in [2.24, 2.45) is 0 Å². The molecule has 0 atom stereocenters. The number of amides is 3. The maximum Gasteiger partial charge on any atom is 0.251 e. The summed E-state index contributed by atoms with van der Waals surface area (Å²) in [6.45, 7) is 2.26. The molecule has 2 aromatic carbocycles. The second-order valence-corrected chi connectivity index (χ2v) is 6.26. The van der Waals surface area contributed by atoms with Crippen molar-refractivity contribution in [1.29, 1.82) is 0 Å². The van der Waals surface area contributed by atoms with E-state index in [4.69, 9.17) is 0 Å². The third-order valence-electron chi connectivity index (χ3n) is 3.80. The van der Waals surface area contributed by atoms with Gasteiger partial charge in [-0.1, -0.05) is 12.1 Å². The Kier molecular flexibility index (Phi) is 7.08. The SMILES string of the molecule is CNC(=O)c1ccc(CN(C)CC(=O)Nc2ccc(NC(C)=O)cc2)cc1. The van der Waals surface area contributed by atoms with Crippen molar-refractivity contribution in [1.82, 2.24) is 10.2 Å². The topological polar surface area (TPSA) is 90.5 Å². The van der Waals surface area contributed by atoms with Crippen LogP contribution in [0.2, 0.25) is 0 Å². The van der Waals surface area contributed by atoms with Crippen LogP contribution in [0.1, 0.15) is 22.8 Å². The van der Waals surface area contributed by atoms with Crippen LogP contribution < -0.4 is 16.0 Å². The van der Waals surface area contributed by atoms with Crippen LogP contribution in [-0.4, -0.2) is 43.3 Å². The van der Waals surface area contributed by atoms with Gasteiger partial charge in [0.25, 0.3) is 5.91 Å². The molecule has 0 fully saturated rings. The molecule has 0 saturated carbocycles. The van der Waals surface area contributed by atoms with Gasteiger partial charge in [0, 0.05) is 37.5 Å². The first-order chi connectivity index (χ1) is 12.9. The van der Waals surface area contributed by atoms with Crippen LogP contribution in [0.3, 0.4) is 0 Å². The molecule has 142 valence electrons. The average Bonchev–Trinajstić information content (AvgIpc) is 2.62. The summed E-state index contributed by atoms with van der Waals surface area (Å²) in [6, 6.07) is 14.2. The van der Waals surface area contributed by atoms with Crippen molar-refractivity contribution in [3.63, 3.8) is 0 Å². The zero-order valence-electron chi connectivity index (χ0n) is 15.7. The summed E-state index contributed by atoms with van der Waals surface area (Å²) in [6.07, 6.45) is 0. The van der Waals surface area contributed by atoms with Gasteiger partial charge in [-0.2, -0.15) is 0 Å². The van der Waals surface area contributed by atoms with Crippen LogP contribution in [0.4, 0.5) is 11.4 Å². The number of likely N-dealkylation sites (N-methyl/N-ethyl adjacent to an activating group) is 1. The monoisotopic (exact) mass is 368 g/mol. The molecule has 0 heterocycles.